The van der Waals surface area contributed by atoms with Crippen LogP contribution in [-0.4, -0.2) is 11.6 Å². The molecule has 0 unspecified atom stereocenters. The van der Waals surface area contributed by atoms with Crippen molar-refractivity contribution in [1.29, 1.82) is 0 Å². The van der Waals surface area contributed by atoms with Gasteiger partial charge in [-0.15, -0.1) is 0 Å². The van der Waals surface area contributed by atoms with Crippen molar-refractivity contribution in [3.8, 4) is 5.75 Å². The van der Waals surface area contributed by atoms with Crippen LogP contribution < -0.4 is 10.3 Å². The molecule has 1 aromatic heterocycles. The summed E-state index contributed by atoms with van der Waals surface area (Å²) in [4.78, 5) is 14.2. The zero-order valence-electron chi connectivity index (χ0n) is 8.62. The van der Waals surface area contributed by atoms with Crippen molar-refractivity contribution in [1.82, 2.24) is 4.98 Å². The summed E-state index contributed by atoms with van der Waals surface area (Å²) >= 11 is 0. The van der Waals surface area contributed by atoms with Crippen LogP contribution in [0, 0.1) is 0 Å². The molecule has 1 heterocycles. The number of hydrogen-bond acceptors (Lipinski definition) is 2. The van der Waals surface area contributed by atoms with Gasteiger partial charge < -0.3 is 9.72 Å². The van der Waals surface area contributed by atoms with E-state index in [1.165, 1.54) is 0 Å². The van der Waals surface area contributed by atoms with Crippen molar-refractivity contribution in [2.45, 2.75) is 13.3 Å². The number of ether oxygens (including phenoxy) is 1. The van der Waals surface area contributed by atoms with E-state index in [9.17, 15) is 4.79 Å². The van der Waals surface area contributed by atoms with Gasteiger partial charge in [0.15, 0.2) is 0 Å². The number of aromatic nitrogens is 1. The van der Waals surface area contributed by atoms with E-state index in [2.05, 4.69) is 4.98 Å². The largest absolute Gasteiger partial charge is 0.491 e. The number of H-pyrrole nitrogens is 1. The van der Waals surface area contributed by atoms with E-state index < -0.39 is 0 Å². The van der Waals surface area contributed by atoms with E-state index >= 15 is 0 Å². The topological polar surface area (TPSA) is 42.1 Å². The summed E-state index contributed by atoms with van der Waals surface area (Å²) in [6.45, 7) is 2.71. The maximum atomic E-state index is 11.5. The Kier molecular flexibility index (Phi) is 2.72. The van der Waals surface area contributed by atoms with Crippen molar-refractivity contribution < 1.29 is 4.74 Å². The maximum Gasteiger partial charge on any atom is 0.256 e. The molecule has 15 heavy (non-hydrogen) atoms. The fourth-order valence-corrected chi connectivity index (χ4v) is 1.51. The molecule has 0 spiro atoms. The van der Waals surface area contributed by atoms with Gasteiger partial charge in [0.05, 0.1) is 12.0 Å². The first-order chi connectivity index (χ1) is 7.33. The molecular weight excluding hydrogens is 190 g/mol. The number of pyridine rings is 1. The molecule has 0 aliphatic carbocycles. The van der Waals surface area contributed by atoms with E-state index in [1.807, 2.05) is 25.1 Å². The minimum atomic E-state index is -0.0746. The van der Waals surface area contributed by atoms with Gasteiger partial charge in [-0.05, 0) is 12.5 Å². The molecular formula is C12H13NO2. The van der Waals surface area contributed by atoms with Gasteiger partial charge in [-0.3, -0.25) is 4.79 Å². The second-order valence-corrected chi connectivity index (χ2v) is 3.38. The molecule has 1 N–H and O–H groups in total. The number of rotatable bonds is 3. The third-order valence-electron chi connectivity index (χ3n) is 2.23. The van der Waals surface area contributed by atoms with E-state index in [0.717, 1.165) is 17.6 Å². The fraction of sp³-hybridized carbons (Fsp3) is 0.250. The molecule has 0 atom stereocenters. The van der Waals surface area contributed by atoms with Gasteiger partial charge in [0, 0.05) is 11.6 Å². The molecule has 1 aromatic carbocycles. The predicted molar refractivity (Wildman–Crippen MR) is 60.4 cm³/mol. The van der Waals surface area contributed by atoms with Crippen LogP contribution in [0.4, 0.5) is 0 Å². The quantitative estimate of drug-likeness (QED) is 0.831. The lowest BCUT2D eigenvalue weighted by molar-refractivity contribution is 0.320. The Balaban J connectivity index is 2.56. The predicted octanol–water partition coefficient (Wildman–Crippen LogP) is 2.32. The smallest absolute Gasteiger partial charge is 0.256 e. The first-order valence-corrected chi connectivity index (χ1v) is 5.06. The van der Waals surface area contributed by atoms with Crippen molar-refractivity contribution >= 4 is 10.8 Å². The van der Waals surface area contributed by atoms with Gasteiger partial charge in [0.2, 0.25) is 0 Å². The third-order valence-corrected chi connectivity index (χ3v) is 2.23. The van der Waals surface area contributed by atoms with E-state index in [1.54, 1.807) is 12.3 Å². The van der Waals surface area contributed by atoms with Crippen LogP contribution in [0.15, 0.2) is 35.3 Å². The van der Waals surface area contributed by atoms with Gasteiger partial charge in [-0.25, -0.2) is 0 Å². The minimum Gasteiger partial charge on any atom is -0.491 e. The highest BCUT2D eigenvalue weighted by molar-refractivity contribution is 5.86. The summed E-state index contributed by atoms with van der Waals surface area (Å²) in [5, 5.41) is 1.54. The summed E-state index contributed by atoms with van der Waals surface area (Å²) in [6.07, 6.45) is 2.58. The van der Waals surface area contributed by atoms with Crippen LogP contribution in [0.5, 0.6) is 5.75 Å². The average Bonchev–Trinajstić information content (AvgIpc) is 2.29. The minimum absolute atomic E-state index is 0.0746. The first-order valence-electron chi connectivity index (χ1n) is 5.06. The zero-order valence-corrected chi connectivity index (χ0v) is 8.62. The molecule has 78 valence electrons. The highest BCUT2D eigenvalue weighted by atomic mass is 16.5. The Morgan fingerprint density at radius 2 is 2.00 bits per heavy atom. The van der Waals surface area contributed by atoms with Gasteiger partial charge in [-0.2, -0.15) is 0 Å². The van der Waals surface area contributed by atoms with Crippen LogP contribution in [0.3, 0.4) is 0 Å². The lowest BCUT2D eigenvalue weighted by Crippen LogP contribution is -2.07. The molecule has 0 aliphatic rings. The molecule has 2 rings (SSSR count). The molecule has 3 heteroatoms. The summed E-state index contributed by atoms with van der Waals surface area (Å²) in [5.41, 5.74) is -0.0746. The molecule has 2 aromatic rings. The van der Waals surface area contributed by atoms with Crippen molar-refractivity contribution in [3.05, 3.63) is 40.8 Å². The summed E-state index contributed by atoms with van der Waals surface area (Å²) in [5.74, 6) is 0.743. The molecule has 0 saturated carbocycles. The zero-order chi connectivity index (χ0) is 10.7. The average molecular weight is 203 g/mol. The molecule has 0 radical (unpaired) electrons. The highest BCUT2D eigenvalue weighted by Crippen LogP contribution is 2.21. The van der Waals surface area contributed by atoms with Crippen LogP contribution in [-0.2, 0) is 0 Å². The summed E-state index contributed by atoms with van der Waals surface area (Å²) in [7, 11) is 0. The van der Waals surface area contributed by atoms with Gasteiger partial charge >= 0.3 is 0 Å². The van der Waals surface area contributed by atoms with Crippen LogP contribution in [0.2, 0.25) is 0 Å². The lowest BCUT2D eigenvalue weighted by atomic mass is 10.1. The Hall–Kier alpha value is -1.77. The second kappa shape index (κ2) is 4.17. The van der Waals surface area contributed by atoms with Crippen molar-refractivity contribution in [2.75, 3.05) is 6.61 Å². The van der Waals surface area contributed by atoms with Gasteiger partial charge in [0.1, 0.15) is 5.75 Å². The number of aromatic amines is 1. The normalized spacial score (nSPS) is 10.5. The number of nitrogens with one attached hydrogen (secondary N) is 1. The number of hydrogen-bond donors (Lipinski definition) is 1. The summed E-state index contributed by atoms with van der Waals surface area (Å²) in [6, 6.07) is 7.45. The first kappa shape index (κ1) is 9.77. The molecule has 0 fully saturated rings. The maximum absolute atomic E-state index is 11.5. The van der Waals surface area contributed by atoms with Gasteiger partial charge in [0.25, 0.3) is 5.56 Å². The SMILES string of the molecule is CCCOc1c[nH]c(=O)c2ccccc12. The second-order valence-electron chi connectivity index (χ2n) is 3.38. The Morgan fingerprint density at radius 3 is 2.73 bits per heavy atom. The molecule has 0 saturated heterocycles. The Morgan fingerprint density at radius 1 is 1.27 bits per heavy atom. The van der Waals surface area contributed by atoms with Crippen molar-refractivity contribution in [2.24, 2.45) is 0 Å². The lowest BCUT2D eigenvalue weighted by Gasteiger charge is -2.07. The van der Waals surface area contributed by atoms with Crippen LogP contribution >= 0.6 is 0 Å². The molecule has 3 nitrogen and oxygen atoms in total. The molecule has 0 amide bonds. The fourth-order valence-electron chi connectivity index (χ4n) is 1.51. The molecule has 0 bridgehead atoms. The Labute approximate surface area is 87.7 Å². The van der Waals surface area contributed by atoms with E-state index in [0.29, 0.717) is 12.0 Å². The number of benzene rings is 1. The monoisotopic (exact) mass is 203 g/mol. The third kappa shape index (κ3) is 1.86. The van der Waals surface area contributed by atoms with Gasteiger partial charge in [-0.1, -0.05) is 25.1 Å². The standard InChI is InChI=1S/C12H13NO2/c1-2-7-15-11-8-13-12(14)10-6-4-3-5-9(10)11/h3-6,8H,2,7H2,1H3,(H,13,14). The van der Waals surface area contributed by atoms with Crippen molar-refractivity contribution in [3.63, 3.8) is 0 Å². The Bertz CT molecular complexity index is 516. The number of fused-ring (bicyclic) bond motifs is 1. The van der Waals surface area contributed by atoms with Crippen LogP contribution in [0.1, 0.15) is 13.3 Å². The van der Waals surface area contributed by atoms with E-state index in [4.69, 9.17) is 4.74 Å². The van der Waals surface area contributed by atoms with Crippen LogP contribution in [0.25, 0.3) is 10.8 Å². The summed E-state index contributed by atoms with van der Waals surface area (Å²) < 4.78 is 5.55. The van der Waals surface area contributed by atoms with E-state index in [-0.39, 0.29) is 5.56 Å². The molecule has 0 aliphatic heterocycles. The highest BCUT2D eigenvalue weighted by Gasteiger charge is 2.03.